The Morgan fingerprint density at radius 3 is 2.86 bits per heavy atom. The van der Waals surface area contributed by atoms with E-state index in [1.54, 1.807) is 6.07 Å². The van der Waals surface area contributed by atoms with Crippen LogP contribution >= 0.6 is 0 Å². The van der Waals surface area contributed by atoms with Crippen molar-refractivity contribution in [2.24, 2.45) is 0 Å². The van der Waals surface area contributed by atoms with Crippen molar-refractivity contribution in [1.82, 2.24) is 9.47 Å². The molecule has 1 atom stereocenters. The summed E-state index contributed by atoms with van der Waals surface area (Å²) in [5.41, 5.74) is 2.54. The summed E-state index contributed by atoms with van der Waals surface area (Å²) in [5, 5.41) is 10.9. The number of likely N-dealkylation sites (tertiary alicyclic amines) is 1. The van der Waals surface area contributed by atoms with Gasteiger partial charge in [-0.25, -0.2) is 0 Å². The number of phenolic OH excluding ortho intramolecular Hbond substituents is 1. The van der Waals surface area contributed by atoms with Gasteiger partial charge in [0, 0.05) is 24.8 Å². The zero-order chi connectivity index (χ0) is 14.9. The maximum atomic E-state index is 9.65. The lowest BCUT2D eigenvalue weighted by atomic mass is 9.98. The van der Waals surface area contributed by atoms with Crippen molar-refractivity contribution in [1.29, 1.82) is 0 Å². The van der Waals surface area contributed by atoms with Gasteiger partial charge >= 0.3 is 0 Å². The molecule has 1 saturated heterocycles. The van der Waals surface area contributed by atoms with E-state index in [2.05, 4.69) is 52.1 Å². The minimum Gasteiger partial charge on any atom is -0.508 e. The molecule has 1 aliphatic heterocycles. The number of rotatable bonds is 3. The average molecular weight is 292 g/mol. The molecule has 0 radical (unpaired) electrons. The van der Waals surface area contributed by atoms with Gasteiger partial charge in [-0.15, -0.1) is 0 Å². The number of aromatic nitrogens is 1. The normalized spacial score (nSPS) is 19.0. The van der Waals surface area contributed by atoms with Crippen LogP contribution < -0.4 is 0 Å². The fraction of sp³-hybridized carbons (Fsp3) is 0.263. The second-order valence-electron chi connectivity index (χ2n) is 6.14. The van der Waals surface area contributed by atoms with Crippen LogP contribution in [0.4, 0.5) is 0 Å². The summed E-state index contributed by atoms with van der Waals surface area (Å²) in [6, 6.07) is 18.4. The Morgan fingerprint density at radius 2 is 1.95 bits per heavy atom. The predicted molar refractivity (Wildman–Crippen MR) is 89.0 cm³/mol. The van der Waals surface area contributed by atoms with Crippen LogP contribution in [-0.2, 0) is 6.67 Å². The van der Waals surface area contributed by atoms with E-state index >= 15 is 0 Å². The molecule has 3 aromatic rings. The lowest BCUT2D eigenvalue weighted by Gasteiger charge is -2.18. The van der Waals surface area contributed by atoms with Gasteiger partial charge in [0.2, 0.25) is 0 Å². The summed E-state index contributed by atoms with van der Waals surface area (Å²) in [6.07, 6.45) is 3.33. The first-order chi connectivity index (χ1) is 10.8. The number of fused-ring (bicyclic) bond motifs is 1. The molecular weight excluding hydrogens is 272 g/mol. The molecule has 2 aromatic carbocycles. The van der Waals surface area contributed by atoms with Crippen molar-refractivity contribution >= 4 is 10.9 Å². The molecule has 0 saturated carbocycles. The molecule has 0 spiro atoms. The molecule has 1 unspecified atom stereocenters. The van der Waals surface area contributed by atoms with Crippen LogP contribution in [0.15, 0.2) is 60.8 Å². The summed E-state index contributed by atoms with van der Waals surface area (Å²) < 4.78 is 2.32. The van der Waals surface area contributed by atoms with Crippen LogP contribution in [0.2, 0.25) is 0 Å². The molecule has 1 aliphatic rings. The van der Waals surface area contributed by atoms with E-state index in [0.717, 1.165) is 26.2 Å². The summed E-state index contributed by atoms with van der Waals surface area (Å²) >= 11 is 0. The van der Waals surface area contributed by atoms with Gasteiger partial charge in [0.1, 0.15) is 5.75 Å². The van der Waals surface area contributed by atoms with Gasteiger partial charge in [-0.2, -0.15) is 0 Å². The molecule has 0 bridgehead atoms. The van der Waals surface area contributed by atoms with Crippen LogP contribution in [0, 0.1) is 0 Å². The molecule has 1 aromatic heterocycles. The summed E-state index contributed by atoms with van der Waals surface area (Å²) in [7, 11) is 0. The Labute approximate surface area is 130 Å². The molecule has 3 heteroatoms. The topological polar surface area (TPSA) is 28.4 Å². The number of hydrogen-bond donors (Lipinski definition) is 1. The van der Waals surface area contributed by atoms with Crippen LogP contribution in [0.25, 0.3) is 10.9 Å². The number of para-hydroxylation sites is 1. The molecule has 22 heavy (non-hydrogen) atoms. The largest absolute Gasteiger partial charge is 0.508 e. The second-order valence-corrected chi connectivity index (χ2v) is 6.14. The summed E-state index contributed by atoms with van der Waals surface area (Å²) in [6.45, 7) is 3.09. The van der Waals surface area contributed by atoms with E-state index in [4.69, 9.17) is 0 Å². The monoisotopic (exact) mass is 292 g/mol. The first-order valence-corrected chi connectivity index (χ1v) is 7.85. The van der Waals surface area contributed by atoms with Crippen molar-refractivity contribution in [3.63, 3.8) is 0 Å². The standard InChI is InChI=1S/C19H20N2O/c22-18-6-3-5-16(12-18)17-8-10-20(13-17)14-21-11-9-15-4-1-2-7-19(15)21/h1-7,9,11-12,17,22H,8,10,13-14H2. The van der Waals surface area contributed by atoms with E-state index in [9.17, 15) is 5.11 Å². The average Bonchev–Trinajstić information content (AvgIpc) is 3.16. The Bertz CT molecular complexity index is 793. The lowest BCUT2D eigenvalue weighted by Crippen LogP contribution is -2.23. The van der Waals surface area contributed by atoms with Gasteiger partial charge in [0.05, 0.1) is 6.67 Å². The van der Waals surface area contributed by atoms with Gasteiger partial charge in [-0.3, -0.25) is 4.90 Å². The van der Waals surface area contributed by atoms with Gasteiger partial charge in [-0.05, 0) is 47.6 Å². The Kier molecular flexibility index (Phi) is 3.35. The fourth-order valence-electron chi connectivity index (χ4n) is 3.49. The highest BCUT2D eigenvalue weighted by Gasteiger charge is 2.24. The first-order valence-electron chi connectivity index (χ1n) is 7.85. The molecule has 3 nitrogen and oxygen atoms in total. The van der Waals surface area contributed by atoms with Crippen LogP contribution in [0.5, 0.6) is 5.75 Å². The van der Waals surface area contributed by atoms with Crippen LogP contribution in [0.1, 0.15) is 17.9 Å². The van der Waals surface area contributed by atoms with Crippen molar-refractivity contribution in [2.75, 3.05) is 13.1 Å². The van der Waals surface area contributed by atoms with E-state index in [-0.39, 0.29) is 0 Å². The van der Waals surface area contributed by atoms with Gasteiger partial charge in [0.25, 0.3) is 0 Å². The van der Waals surface area contributed by atoms with E-state index in [0.29, 0.717) is 11.7 Å². The smallest absolute Gasteiger partial charge is 0.115 e. The predicted octanol–water partition coefficient (Wildman–Crippen LogP) is 3.79. The number of nitrogens with zero attached hydrogens (tertiary/aromatic N) is 2. The highest BCUT2D eigenvalue weighted by Crippen LogP contribution is 2.29. The number of phenols is 1. The third-order valence-corrected chi connectivity index (χ3v) is 4.65. The van der Waals surface area contributed by atoms with E-state index in [1.807, 2.05) is 12.1 Å². The second kappa shape index (κ2) is 5.50. The molecule has 0 amide bonds. The van der Waals surface area contributed by atoms with Crippen molar-refractivity contribution in [2.45, 2.75) is 19.0 Å². The zero-order valence-corrected chi connectivity index (χ0v) is 12.5. The summed E-state index contributed by atoms with van der Waals surface area (Å²) in [5.74, 6) is 0.890. The highest BCUT2D eigenvalue weighted by atomic mass is 16.3. The minimum absolute atomic E-state index is 0.368. The minimum atomic E-state index is 0.368. The summed E-state index contributed by atoms with van der Waals surface area (Å²) in [4.78, 5) is 2.49. The SMILES string of the molecule is Oc1cccc(C2CCN(Cn3ccc4ccccc43)C2)c1. The van der Waals surface area contributed by atoms with Crippen molar-refractivity contribution < 1.29 is 5.11 Å². The maximum absolute atomic E-state index is 9.65. The Morgan fingerprint density at radius 1 is 1.05 bits per heavy atom. The number of aromatic hydroxyl groups is 1. The molecule has 1 N–H and O–H groups in total. The van der Waals surface area contributed by atoms with Gasteiger partial charge < -0.3 is 9.67 Å². The molecule has 1 fully saturated rings. The molecule has 4 rings (SSSR count). The molecular formula is C19H20N2O. The molecule has 2 heterocycles. The zero-order valence-electron chi connectivity index (χ0n) is 12.5. The quantitative estimate of drug-likeness (QED) is 0.795. The van der Waals surface area contributed by atoms with Gasteiger partial charge in [0.15, 0.2) is 0 Å². The molecule has 112 valence electrons. The van der Waals surface area contributed by atoms with Crippen molar-refractivity contribution in [3.05, 3.63) is 66.4 Å². The Hall–Kier alpha value is -2.26. The van der Waals surface area contributed by atoms with E-state index in [1.165, 1.54) is 16.5 Å². The van der Waals surface area contributed by atoms with Crippen LogP contribution in [0.3, 0.4) is 0 Å². The first kappa shape index (κ1) is 13.4. The third-order valence-electron chi connectivity index (χ3n) is 4.65. The lowest BCUT2D eigenvalue weighted by molar-refractivity contribution is 0.271. The number of hydrogen-bond acceptors (Lipinski definition) is 2. The Balaban J connectivity index is 1.49. The van der Waals surface area contributed by atoms with Crippen LogP contribution in [-0.4, -0.2) is 27.7 Å². The third kappa shape index (κ3) is 2.48. The van der Waals surface area contributed by atoms with E-state index < -0.39 is 0 Å². The van der Waals surface area contributed by atoms with Crippen molar-refractivity contribution in [3.8, 4) is 5.75 Å². The fourth-order valence-corrected chi connectivity index (χ4v) is 3.49. The maximum Gasteiger partial charge on any atom is 0.115 e. The molecule has 0 aliphatic carbocycles. The number of benzene rings is 2. The van der Waals surface area contributed by atoms with Gasteiger partial charge in [-0.1, -0.05) is 30.3 Å². The highest BCUT2D eigenvalue weighted by molar-refractivity contribution is 5.79.